The van der Waals surface area contributed by atoms with Crippen molar-refractivity contribution in [1.29, 1.82) is 0 Å². The van der Waals surface area contributed by atoms with Crippen LogP contribution >= 0.6 is 0 Å². The topological polar surface area (TPSA) is 91.5 Å². The van der Waals surface area contributed by atoms with E-state index in [0.29, 0.717) is 18.2 Å². The maximum Gasteiger partial charge on any atom is 0.311 e. The van der Waals surface area contributed by atoms with E-state index in [0.717, 1.165) is 25.7 Å². The Bertz CT molecular complexity index is 475. The Balaban J connectivity index is 2.41. The summed E-state index contributed by atoms with van der Waals surface area (Å²) < 4.78 is 0. The van der Waals surface area contributed by atoms with Crippen LogP contribution in [0.5, 0.6) is 0 Å². The Labute approximate surface area is 117 Å². The van der Waals surface area contributed by atoms with Gasteiger partial charge in [0.1, 0.15) is 5.82 Å². The van der Waals surface area contributed by atoms with Gasteiger partial charge in [-0.05, 0) is 18.9 Å². The first kappa shape index (κ1) is 14.5. The average Bonchev–Trinajstić information content (AvgIpc) is 2.97. The molecule has 0 unspecified atom stereocenters. The first-order valence-corrected chi connectivity index (χ1v) is 6.88. The lowest BCUT2D eigenvalue weighted by atomic mass is 10.2. The molecule has 0 saturated heterocycles. The number of hydrogen-bond acceptors (Lipinski definition) is 6. The lowest BCUT2D eigenvalue weighted by Gasteiger charge is -2.29. The Hall–Kier alpha value is -1.89. The highest BCUT2D eigenvalue weighted by atomic mass is 16.6. The van der Waals surface area contributed by atoms with Crippen LogP contribution in [0.3, 0.4) is 0 Å². The van der Waals surface area contributed by atoms with Crippen molar-refractivity contribution in [3.05, 3.63) is 22.2 Å². The molecule has 7 heteroatoms. The van der Waals surface area contributed by atoms with Crippen molar-refractivity contribution < 1.29 is 10.0 Å². The average molecular weight is 280 g/mol. The van der Waals surface area contributed by atoms with E-state index in [1.54, 1.807) is 13.1 Å². The number of aromatic nitrogens is 1. The molecule has 2 N–H and O–H groups in total. The molecule has 0 spiro atoms. The van der Waals surface area contributed by atoms with Crippen LogP contribution in [0.25, 0.3) is 0 Å². The molecular weight excluding hydrogens is 260 g/mol. The zero-order valence-electron chi connectivity index (χ0n) is 11.6. The number of nitrogens with zero attached hydrogens (tertiary/aromatic N) is 3. The fraction of sp³-hybridized carbons (Fsp3) is 0.615. The van der Waals surface area contributed by atoms with E-state index in [1.807, 2.05) is 4.90 Å². The molecule has 1 saturated carbocycles. The van der Waals surface area contributed by atoms with Crippen LogP contribution in [0.4, 0.5) is 17.3 Å². The molecule has 0 radical (unpaired) electrons. The van der Waals surface area contributed by atoms with Crippen molar-refractivity contribution in [3.8, 4) is 0 Å². The lowest BCUT2D eigenvalue weighted by Crippen LogP contribution is -2.36. The summed E-state index contributed by atoms with van der Waals surface area (Å²) in [6.07, 6.45) is 4.21. The minimum atomic E-state index is -0.416. The highest BCUT2D eigenvalue weighted by molar-refractivity contribution is 5.62. The molecule has 0 aromatic carbocycles. The number of nitro groups is 1. The molecule has 1 aromatic heterocycles. The quantitative estimate of drug-likeness (QED) is 0.609. The number of hydrogen-bond donors (Lipinski definition) is 2. The zero-order valence-corrected chi connectivity index (χ0v) is 11.6. The smallest absolute Gasteiger partial charge is 0.311 e. The van der Waals surface area contributed by atoms with Crippen molar-refractivity contribution in [3.63, 3.8) is 0 Å². The largest absolute Gasteiger partial charge is 0.395 e. The molecule has 0 aliphatic heterocycles. The first-order chi connectivity index (χ1) is 9.67. The number of rotatable bonds is 6. The van der Waals surface area contributed by atoms with Crippen molar-refractivity contribution in [2.24, 2.45) is 0 Å². The first-order valence-electron chi connectivity index (χ1n) is 6.88. The predicted molar refractivity (Wildman–Crippen MR) is 77.1 cm³/mol. The van der Waals surface area contributed by atoms with Crippen molar-refractivity contribution in [1.82, 2.24) is 4.98 Å². The molecule has 0 atom stereocenters. The molecule has 1 aliphatic carbocycles. The van der Waals surface area contributed by atoms with E-state index in [-0.39, 0.29) is 18.3 Å². The SMILES string of the molecule is CNc1ccc([N+](=O)[O-])c(N(CCO)C2CCCC2)n1. The predicted octanol–water partition coefficient (Wildman–Crippen LogP) is 1.77. The number of aliphatic hydroxyl groups excluding tert-OH is 1. The molecule has 1 heterocycles. The maximum atomic E-state index is 11.2. The van der Waals surface area contributed by atoms with Gasteiger partial charge in [0.15, 0.2) is 0 Å². The Morgan fingerprint density at radius 1 is 1.50 bits per heavy atom. The molecule has 2 rings (SSSR count). The van der Waals surface area contributed by atoms with E-state index >= 15 is 0 Å². The number of pyridine rings is 1. The molecule has 0 bridgehead atoms. The van der Waals surface area contributed by atoms with Crippen LogP contribution in [0.1, 0.15) is 25.7 Å². The van der Waals surface area contributed by atoms with Crippen molar-refractivity contribution in [2.45, 2.75) is 31.7 Å². The van der Waals surface area contributed by atoms with Gasteiger partial charge in [0.2, 0.25) is 5.82 Å². The minimum absolute atomic E-state index is 0.00986. The van der Waals surface area contributed by atoms with Gasteiger partial charge in [-0.2, -0.15) is 0 Å². The normalized spacial score (nSPS) is 15.3. The van der Waals surface area contributed by atoms with E-state index in [4.69, 9.17) is 0 Å². The number of anilines is 2. The summed E-state index contributed by atoms with van der Waals surface area (Å²) in [5.74, 6) is 0.939. The van der Waals surface area contributed by atoms with Gasteiger partial charge < -0.3 is 15.3 Å². The van der Waals surface area contributed by atoms with Crippen molar-refractivity contribution >= 4 is 17.3 Å². The molecular formula is C13H20N4O3. The number of aliphatic hydroxyl groups is 1. The highest BCUT2D eigenvalue weighted by Crippen LogP contribution is 2.33. The van der Waals surface area contributed by atoms with Gasteiger partial charge in [0.25, 0.3) is 0 Å². The summed E-state index contributed by atoms with van der Waals surface area (Å²) >= 11 is 0. The fourth-order valence-corrected chi connectivity index (χ4v) is 2.72. The van der Waals surface area contributed by atoms with E-state index in [1.165, 1.54) is 6.07 Å². The molecule has 7 nitrogen and oxygen atoms in total. The zero-order chi connectivity index (χ0) is 14.5. The Morgan fingerprint density at radius 2 is 2.20 bits per heavy atom. The Morgan fingerprint density at radius 3 is 2.75 bits per heavy atom. The van der Waals surface area contributed by atoms with E-state index in [9.17, 15) is 15.2 Å². The van der Waals surface area contributed by atoms with Crippen LogP contribution in [0.15, 0.2) is 12.1 Å². The number of nitrogens with one attached hydrogen (secondary N) is 1. The fourth-order valence-electron chi connectivity index (χ4n) is 2.72. The maximum absolute atomic E-state index is 11.2. The van der Waals surface area contributed by atoms with Gasteiger partial charge >= 0.3 is 5.69 Å². The summed E-state index contributed by atoms with van der Waals surface area (Å²) in [4.78, 5) is 17.0. The van der Waals surface area contributed by atoms with Crippen LogP contribution in [-0.2, 0) is 0 Å². The van der Waals surface area contributed by atoms with E-state index in [2.05, 4.69) is 10.3 Å². The standard InChI is InChI=1S/C13H20N4O3/c1-14-12-7-6-11(17(19)20)13(15-12)16(8-9-18)10-4-2-3-5-10/h6-7,10,18H,2-5,8-9H2,1H3,(H,14,15). The second kappa shape index (κ2) is 6.51. The highest BCUT2D eigenvalue weighted by Gasteiger charge is 2.29. The molecule has 1 aromatic rings. The third-order valence-corrected chi connectivity index (χ3v) is 3.69. The molecule has 110 valence electrons. The summed E-state index contributed by atoms with van der Waals surface area (Å²) in [7, 11) is 1.73. The van der Waals surface area contributed by atoms with Crippen LogP contribution in [-0.4, -0.2) is 41.3 Å². The molecule has 20 heavy (non-hydrogen) atoms. The van der Waals surface area contributed by atoms with Crippen molar-refractivity contribution in [2.75, 3.05) is 30.4 Å². The monoisotopic (exact) mass is 280 g/mol. The van der Waals surface area contributed by atoms with Gasteiger partial charge in [-0.1, -0.05) is 12.8 Å². The summed E-state index contributed by atoms with van der Waals surface area (Å²) in [5, 5.41) is 23.4. The van der Waals surface area contributed by atoms with E-state index < -0.39 is 4.92 Å². The second-order valence-electron chi connectivity index (χ2n) is 4.90. The molecule has 1 fully saturated rings. The van der Waals surface area contributed by atoms with Gasteiger partial charge in [-0.3, -0.25) is 10.1 Å². The third kappa shape index (κ3) is 2.98. The van der Waals surface area contributed by atoms with Gasteiger partial charge in [-0.25, -0.2) is 4.98 Å². The van der Waals surface area contributed by atoms with Crippen LogP contribution < -0.4 is 10.2 Å². The van der Waals surface area contributed by atoms with Gasteiger partial charge in [0.05, 0.1) is 11.5 Å². The van der Waals surface area contributed by atoms with Gasteiger partial charge in [-0.15, -0.1) is 0 Å². The third-order valence-electron chi connectivity index (χ3n) is 3.69. The van der Waals surface area contributed by atoms with Crippen LogP contribution in [0, 0.1) is 10.1 Å². The molecule has 0 amide bonds. The second-order valence-corrected chi connectivity index (χ2v) is 4.90. The lowest BCUT2D eigenvalue weighted by molar-refractivity contribution is -0.384. The van der Waals surface area contributed by atoms with Crippen LogP contribution in [0.2, 0.25) is 0 Å². The summed E-state index contributed by atoms with van der Waals surface area (Å²) in [5.41, 5.74) is -0.00986. The molecule has 1 aliphatic rings. The minimum Gasteiger partial charge on any atom is -0.395 e. The summed E-state index contributed by atoms with van der Waals surface area (Å²) in [6, 6.07) is 3.28. The Kier molecular flexibility index (Phi) is 4.73. The van der Waals surface area contributed by atoms with Gasteiger partial charge in [0, 0.05) is 25.7 Å². The summed E-state index contributed by atoms with van der Waals surface area (Å²) in [6.45, 7) is 0.324.